The molecular weight excluding hydrogens is 421 g/mol. The quantitative estimate of drug-likeness (QED) is 0.357. The number of pyridine rings is 1. The maximum absolute atomic E-state index is 15.7. The third-order valence-electron chi connectivity index (χ3n) is 6.35. The number of primary amides is 1. The van der Waals surface area contributed by atoms with Crippen molar-refractivity contribution in [3.8, 4) is 17.0 Å². The van der Waals surface area contributed by atoms with Crippen LogP contribution in [-0.2, 0) is 6.42 Å². The van der Waals surface area contributed by atoms with E-state index in [-0.39, 0.29) is 23.2 Å². The van der Waals surface area contributed by atoms with Gasteiger partial charge in [0.2, 0.25) is 0 Å². The molecule has 2 amide bonds. The van der Waals surface area contributed by atoms with Crippen molar-refractivity contribution in [2.45, 2.75) is 44.2 Å². The number of rotatable bonds is 8. The number of anilines is 1. The summed E-state index contributed by atoms with van der Waals surface area (Å²) in [5.74, 6) is -0.656. The first kappa shape index (κ1) is 22.9. The number of hydrogen-bond donors (Lipinski definition) is 5. The number of benzene rings is 2. The molecule has 1 aromatic heterocycles. The molecule has 174 valence electrons. The highest BCUT2D eigenvalue weighted by atomic mass is 19.1. The molecule has 0 saturated carbocycles. The first-order valence-corrected chi connectivity index (χ1v) is 11.3. The minimum atomic E-state index is -0.839. The number of phenols is 1. The summed E-state index contributed by atoms with van der Waals surface area (Å²) in [6, 6.07) is 10.4. The fourth-order valence-corrected chi connectivity index (χ4v) is 4.66. The summed E-state index contributed by atoms with van der Waals surface area (Å²) in [5, 5.41) is 21.0. The largest absolute Gasteiger partial charge is 0.508 e. The zero-order chi connectivity index (χ0) is 23.4. The van der Waals surface area contributed by atoms with E-state index in [1.165, 1.54) is 12.5 Å². The number of urea groups is 1. The second-order valence-electron chi connectivity index (χ2n) is 8.58. The van der Waals surface area contributed by atoms with Gasteiger partial charge in [-0.25, -0.2) is 9.18 Å². The van der Waals surface area contributed by atoms with Crippen molar-refractivity contribution in [3.05, 3.63) is 54.0 Å². The van der Waals surface area contributed by atoms with E-state index in [0.29, 0.717) is 23.6 Å². The van der Waals surface area contributed by atoms with Gasteiger partial charge in [-0.15, -0.1) is 0 Å². The Balaban J connectivity index is 1.66. The molecule has 4 rings (SSSR count). The molecule has 2 atom stereocenters. The summed E-state index contributed by atoms with van der Waals surface area (Å²) >= 11 is 0. The van der Waals surface area contributed by atoms with Crippen molar-refractivity contribution < 1.29 is 14.3 Å². The van der Waals surface area contributed by atoms with Crippen LogP contribution in [0.15, 0.2) is 42.6 Å². The van der Waals surface area contributed by atoms with Crippen molar-refractivity contribution in [3.63, 3.8) is 0 Å². The van der Waals surface area contributed by atoms with E-state index in [0.717, 1.165) is 36.6 Å². The molecule has 2 heterocycles. The summed E-state index contributed by atoms with van der Waals surface area (Å²) < 4.78 is 15.7. The summed E-state index contributed by atoms with van der Waals surface area (Å²) in [5.41, 5.74) is 6.48. The van der Waals surface area contributed by atoms with Gasteiger partial charge < -0.3 is 26.8 Å². The van der Waals surface area contributed by atoms with Gasteiger partial charge in [-0.1, -0.05) is 24.3 Å². The summed E-state index contributed by atoms with van der Waals surface area (Å²) in [6.07, 6.45) is 6.21. The van der Waals surface area contributed by atoms with Crippen LogP contribution >= 0.6 is 0 Å². The van der Waals surface area contributed by atoms with Crippen molar-refractivity contribution >= 4 is 22.5 Å². The Morgan fingerprint density at radius 2 is 2.18 bits per heavy atom. The number of nitrogens with one attached hydrogen (secondary N) is 3. The van der Waals surface area contributed by atoms with E-state index in [4.69, 9.17) is 5.73 Å². The number of hydrogen-bond acceptors (Lipinski definition) is 5. The van der Waals surface area contributed by atoms with Crippen molar-refractivity contribution in [2.24, 2.45) is 5.73 Å². The Morgan fingerprint density at radius 1 is 1.36 bits per heavy atom. The number of aromatic nitrogens is 1. The molecule has 2 unspecified atom stereocenters. The fraction of sp³-hybridized carbons (Fsp3) is 0.360. The summed E-state index contributed by atoms with van der Waals surface area (Å²) in [7, 11) is 1.93. The molecule has 0 radical (unpaired) electrons. The van der Waals surface area contributed by atoms with Crippen LogP contribution in [0.3, 0.4) is 0 Å². The Bertz CT molecular complexity index is 1150. The van der Waals surface area contributed by atoms with Crippen LogP contribution in [0.4, 0.5) is 14.9 Å². The van der Waals surface area contributed by atoms with Crippen LogP contribution in [0.1, 0.15) is 31.2 Å². The van der Waals surface area contributed by atoms with Gasteiger partial charge in [-0.05, 0) is 74.2 Å². The third kappa shape index (κ3) is 5.23. The number of nitrogens with zero attached hydrogens (tertiary/aromatic N) is 1. The van der Waals surface area contributed by atoms with E-state index in [2.05, 4.69) is 20.9 Å². The number of aromatic hydroxyl groups is 1. The van der Waals surface area contributed by atoms with E-state index in [1.807, 2.05) is 31.3 Å². The minimum absolute atomic E-state index is 0.00997. The average Bonchev–Trinajstić information content (AvgIpc) is 3.31. The molecule has 0 spiro atoms. The van der Waals surface area contributed by atoms with Gasteiger partial charge in [0.05, 0.1) is 5.69 Å². The SMILES string of the molecule is CNC(CCc1cnc(-c2cc(O)cc3ccccc23)c(F)c1NC(N)=O)CC1CCCN1. The van der Waals surface area contributed by atoms with Crippen LogP contribution in [0.25, 0.3) is 22.0 Å². The van der Waals surface area contributed by atoms with Crippen LogP contribution in [0.5, 0.6) is 5.75 Å². The van der Waals surface area contributed by atoms with E-state index >= 15 is 4.39 Å². The average molecular weight is 452 g/mol. The molecule has 7 nitrogen and oxygen atoms in total. The first-order chi connectivity index (χ1) is 16.0. The van der Waals surface area contributed by atoms with Crippen LogP contribution < -0.4 is 21.7 Å². The molecule has 2 aromatic carbocycles. The Morgan fingerprint density at radius 3 is 2.91 bits per heavy atom. The number of phenolic OH excluding ortho intramolecular Hbond substituents is 1. The topological polar surface area (TPSA) is 112 Å². The Hall–Kier alpha value is -3.23. The number of halogens is 1. The lowest BCUT2D eigenvalue weighted by Gasteiger charge is -2.21. The standard InChI is InChI=1S/C25H30FN5O2/c1-28-17(12-18-6-4-10-29-18)9-8-16-14-30-24(22(26)23(16)31-25(27)33)21-13-19(32)11-15-5-2-3-7-20(15)21/h2-3,5,7,11,13-14,17-18,28-29,32H,4,6,8-10,12H2,1H3,(H3,27,30,31,33). The predicted molar refractivity (Wildman–Crippen MR) is 129 cm³/mol. The van der Waals surface area contributed by atoms with Crippen LogP contribution in [-0.4, -0.2) is 41.8 Å². The lowest BCUT2D eigenvalue weighted by molar-refractivity contribution is 0.259. The van der Waals surface area contributed by atoms with Crippen molar-refractivity contribution in [1.29, 1.82) is 0 Å². The molecule has 8 heteroatoms. The molecule has 1 aliphatic heterocycles. The second-order valence-corrected chi connectivity index (χ2v) is 8.58. The van der Waals surface area contributed by atoms with E-state index in [9.17, 15) is 9.90 Å². The van der Waals surface area contributed by atoms with Gasteiger partial charge in [-0.2, -0.15) is 0 Å². The molecule has 3 aromatic rings. The number of carbonyl (C=O) groups is 1. The van der Waals surface area contributed by atoms with Crippen molar-refractivity contribution in [2.75, 3.05) is 18.9 Å². The maximum atomic E-state index is 15.7. The van der Waals surface area contributed by atoms with Crippen LogP contribution in [0.2, 0.25) is 0 Å². The maximum Gasteiger partial charge on any atom is 0.316 e. The highest BCUT2D eigenvalue weighted by Gasteiger charge is 2.22. The third-order valence-corrected chi connectivity index (χ3v) is 6.35. The highest BCUT2D eigenvalue weighted by Crippen LogP contribution is 2.36. The normalized spacial score (nSPS) is 16.7. The molecule has 0 aliphatic carbocycles. The zero-order valence-electron chi connectivity index (χ0n) is 18.7. The van der Waals surface area contributed by atoms with Crippen molar-refractivity contribution in [1.82, 2.24) is 15.6 Å². The van der Waals surface area contributed by atoms with Gasteiger partial charge in [0, 0.05) is 23.8 Å². The van der Waals surface area contributed by atoms with Gasteiger partial charge >= 0.3 is 6.03 Å². The van der Waals surface area contributed by atoms with Crippen LogP contribution in [0, 0.1) is 5.82 Å². The second kappa shape index (κ2) is 10.1. The lowest BCUT2D eigenvalue weighted by atomic mass is 9.97. The Labute approximate surface area is 192 Å². The number of carbonyl (C=O) groups excluding carboxylic acids is 1. The summed E-state index contributed by atoms with van der Waals surface area (Å²) in [4.78, 5) is 16.1. The lowest BCUT2D eigenvalue weighted by Crippen LogP contribution is -2.34. The fourth-order valence-electron chi connectivity index (χ4n) is 4.66. The van der Waals surface area contributed by atoms with E-state index < -0.39 is 11.8 Å². The first-order valence-electron chi connectivity index (χ1n) is 11.3. The minimum Gasteiger partial charge on any atom is -0.508 e. The predicted octanol–water partition coefficient (Wildman–Crippen LogP) is 3.90. The smallest absolute Gasteiger partial charge is 0.316 e. The monoisotopic (exact) mass is 451 g/mol. The van der Waals surface area contributed by atoms with Gasteiger partial charge in [0.25, 0.3) is 0 Å². The van der Waals surface area contributed by atoms with E-state index in [1.54, 1.807) is 12.3 Å². The number of aryl methyl sites for hydroxylation is 1. The molecule has 33 heavy (non-hydrogen) atoms. The Kier molecular flexibility index (Phi) is 7.05. The molecule has 1 saturated heterocycles. The number of nitrogens with two attached hydrogens (primary N) is 1. The highest BCUT2D eigenvalue weighted by molar-refractivity contribution is 5.98. The van der Waals surface area contributed by atoms with Gasteiger partial charge in [0.15, 0.2) is 5.82 Å². The number of amides is 2. The molecule has 6 N–H and O–H groups in total. The molecule has 1 fully saturated rings. The molecular formula is C25H30FN5O2. The molecule has 0 bridgehead atoms. The summed E-state index contributed by atoms with van der Waals surface area (Å²) in [6.45, 7) is 1.05. The number of fused-ring (bicyclic) bond motifs is 1. The van der Waals surface area contributed by atoms with Gasteiger partial charge in [0.1, 0.15) is 11.4 Å². The zero-order valence-corrected chi connectivity index (χ0v) is 18.7. The molecule has 1 aliphatic rings. The van der Waals surface area contributed by atoms with Gasteiger partial charge in [-0.3, -0.25) is 4.98 Å².